The lowest BCUT2D eigenvalue weighted by Crippen LogP contribution is -2.37. The first-order valence-electron chi connectivity index (χ1n) is 6.91. The van der Waals surface area contributed by atoms with Crippen LogP contribution < -0.4 is 10.1 Å². The van der Waals surface area contributed by atoms with Gasteiger partial charge in [-0.05, 0) is 23.8 Å². The van der Waals surface area contributed by atoms with Crippen molar-refractivity contribution in [2.75, 3.05) is 12.4 Å². The quantitative estimate of drug-likeness (QED) is 0.884. The molecular weight excluding hydrogens is 282 g/mol. The van der Waals surface area contributed by atoms with E-state index in [0.29, 0.717) is 23.4 Å². The monoisotopic (exact) mass is 297 g/mol. The lowest BCUT2D eigenvalue weighted by molar-refractivity contribution is -0.125. The summed E-state index contributed by atoms with van der Waals surface area (Å²) in [6, 6.07) is 14.2. The molecule has 0 saturated carbocycles. The zero-order valence-corrected chi connectivity index (χ0v) is 12.0. The summed E-state index contributed by atoms with van der Waals surface area (Å²) >= 11 is 0. The van der Waals surface area contributed by atoms with Gasteiger partial charge < -0.3 is 14.8 Å². The second-order valence-electron chi connectivity index (χ2n) is 4.98. The number of carbonyl (C=O) groups is 2. The number of amides is 1. The Morgan fingerprint density at radius 1 is 1.23 bits per heavy atom. The molecule has 1 N–H and O–H groups in total. The van der Waals surface area contributed by atoms with Crippen LogP contribution in [-0.2, 0) is 16.0 Å². The highest BCUT2D eigenvalue weighted by molar-refractivity contribution is 6.00. The Bertz CT molecular complexity index is 726. The van der Waals surface area contributed by atoms with E-state index >= 15 is 0 Å². The topological polar surface area (TPSA) is 64.6 Å². The van der Waals surface area contributed by atoms with Gasteiger partial charge in [-0.2, -0.15) is 0 Å². The number of hydrogen-bond acceptors (Lipinski definition) is 4. The van der Waals surface area contributed by atoms with Crippen molar-refractivity contribution in [3.05, 3.63) is 59.7 Å². The third-order valence-corrected chi connectivity index (χ3v) is 3.52. The van der Waals surface area contributed by atoms with Crippen LogP contribution in [0.3, 0.4) is 0 Å². The number of methoxy groups -OCH3 is 1. The van der Waals surface area contributed by atoms with Crippen LogP contribution in [0.4, 0.5) is 5.69 Å². The summed E-state index contributed by atoms with van der Waals surface area (Å²) in [6.07, 6.45) is -0.453. The van der Waals surface area contributed by atoms with Gasteiger partial charge in [-0.25, -0.2) is 4.79 Å². The zero-order valence-electron chi connectivity index (χ0n) is 12.0. The number of rotatable bonds is 3. The summed E-state index contributed by atoms with van der Waals surface area (Å²) in [6.45, 7) is 0. The number of fused-ring (bicyclic) bond motifs is 1. The largest absolute Gasteiger partial charge is 0.497 e. The molecule has 5 heteroatoms. The number of esters is 1. The molecule has 1 aliphatic rings. The van der Waals surface area contributed by atoms with Crippen LogP contribution in [0.1, 0.15) is 15.9 Å². The molecule has 1 amide bonds. The van der Waals surface area contributed by atoms with Crippen LogP contribution >= 0.6 is 0 Å². The predicted octanol–water partition coefficient (Wildman–Crippen LogP) is 2.42. The SMILES string of the molecule is COc1cccc(NC(=O)[C@H]2Cc3ccccc3C(=O)O2)c1. The van der Waals surface area contributed by atoms with E-state index in [1.165, 1.54) is 0 Å². The van der Waals surface area contributed by atoms with Crippen LogP contribution in [0, 0.1) is 0 Å². The van der Waals surface area contributed by atoms with E-state index < -0.39 is 12.1 Å². The molecule has 0 unspecified atom stereocenters. The molecule has 1 atom stereocenters. The van der Waals surface area contributed by atoms with Gasteiger partial charge >= 0.3 is 5.97 Å². The number of ether oxygens (including phenoxy) is 2. The molecule has 22 heavy (non-hydrogen) atoms. The summed E-state index contributed by atoms with van der Waals surface area (Å²) in [5.41, 5.74) is 1.94. The van der Waals surface area contributed by atoms with Crippen molar-refractivity contribution >= 4 is 17.6 Å². The summed E-state index contributed by atoms with van der Waals surface area (Å²) in [5.74, 6) is -0.174. The Labute approximate surface area is 127 Å². The van der Waals surface area contributed by atoms with E-state index in [0.717, 1.165) is 5.56 Å². The Hall–Kier alpha value is -2.82. The van der Waals surface area contributed by atoms with E-state index in [1.54, 1.807) is 43.5 Å². The van der Waals surface area contributed by atoms with Gasteiger partial charge in [0, 0.05) is 18.2 Å². The normalized spacial score (nSPS) is 16.4. The maximum atomic E-state index is 12.3. The second-order valence-corrected chi connectivity index (χ2v) is 4.98. The second kappa shape index (κ2) is 5.89. The molecule has 0 radical (unpaired) electrons. The lowest BCUT2D eigenvalue weighted by Gasteiger charge is -2.23. The molecule has 3 rings (SSSR count). The predicted molar refractivity (Wildman–Crippen MR) is 81.0 cm³/mol. The molecule has 0 fully saturated rings. The van der Waals surface area contributed by atoms with Gasteiger partial charge in [-0.1, -0.05) is 24.3 Å². The standard InChI is InChI=1S/C17H15NO4/c1-21-13-7-4-6-12(10-13)18-16(19)15-9-11-5-2-3-8-14(11)17(20)22-15/h2-8,10,15H,9H2,1H3,(H,18,19)/t15-/m1/s1. The van der Waals surface area contributed by atoms with E-state index in [1.807, 2.05) is 12.1 Å². The third kappa shape index (κ3) is 2.79. The molecule has 0 aliphatic carbocycles. The maximum absolute atomic E-state index is 12.3. The van der Waals surface area contributed by atoms with Crippen LogP contribution in [0.5, 0.6) is 5.75 Å². The molecule has 0 aromatic heterocycles. The van der Waals surface area contributed by atoms with Gasteiger partial charge in [0.1, 0.15) is 5.75 Å². The molecule has 0 saturated heterocycles. The van der Waals surface area contributed by atoms with Crippen LogP contribution in [0.2, 0.25) is 0 Å². The average Bonchev–Trinajstić information content (AvgIpc) is 2.55. The van der Waals surface area contributed by atoms with Crippen LogP contribution in [-0.4, -0.2) is 25.1 Å². The fourth-order valence-corrected chi connectivity index (χ4v) is 2.40. The van der Waals surface area contributed by atoms with Crippen LogP contribution in [0.25, 0.3) is 0 Å². The highest BCUT2D eigenvalue weighted by Gasteiger charge is 2.31. The Morgan fingerprint density at radius 3 is 2.86 bits per heavy atom. The van der Waals surface area contributed by atoms with Crippen molar-refractivity contribution in [2.45, 2.75) is 12.5 Å². The minimum absolute atomic E-state index is 0.351. The number of hydrogen-bond donors (Lipinski definition) is 1. The van der Waals surface area contributed by atoms with E-state index in [4.69, 9.17) is 9.47 Å². The Morgan fingerprint density at radius 2 is 2.05 bits per heavy atom. The molecule has 0 spiro atoms. The molecule has 2 aromatic rings. The first-order chi connectivity index (χ1) is 10.7. The molecule has 2 aromatic carbocycles. The summed E-state index contributed by atoms with van der Waals surface area (Å²) in [4.78, 5) is 24.2. The fraction of sp³-hybridized carbons (Fsp3) is 0.176. The van der Waals surface area contributed by atoms with Crippen LogP contribution in [0.15, 0.2) is 48.5 Å². The number of cyclic esters (lactones) is 1. The fourth-order valence-electron chi connectivity index (χ4n) is 2.40. The molecule has 5 nitrogen and oxygen atoms in total. The van der Waals surface area contributed by atoms with Crippen molar-refractivity contribution in [3.8, 4) is 5.75 Å². The molecule has 1 heterocycles. The molecule has 112 valence electrons. The summed E-state index contributed by atoms with van der Waals surface area (Å²) in [7, 11) is 1.56. The van der Waals surface area contributed by atoms with Gasteiger partial charge in [0.2, 0.25) is 0 Å². The first-order valence-corrected chi connectivity index (χ1v) is 6.91. The smallest absolute Gasteiger partial charge is 0.339 e. The van der Waals surface area contributed by atoms with E-state index in [2.05, 4.69) is 5.32 Å². The minimum Gasteiger partial charge on any atom is -0.497 e. The zero-order chi connectivity index (χ0) is 15.5. The van der Waals surface area contributed by atoms with Crippen molar-refractivity contribution in [1.29, 1.82) is 0 Å². The van der Waals surface area contributed by atoms with Gasteiger partial charge in [0.05, 0.1) is 12.7 Å². The van der Waals surface area contributed by atoms with Crippen molar-refractivity contribution in [2.24, 2.45) is 0 Å². The number of nitrogens with one attached hydrogen (secondary N) is 1. The van der Waals surface area contributed by atoms with Gasteiger partial charge in [0.25, 0.3) is 5.91 Å². The molecule has 0 bridgehead atoms. The minimum atomic E-state index is -0.825. The van der Waals surface area contributed by atoms with Crippen molar-refractivity contribution in [3.63, 3.8) is 0 Å². The average molecular weight is 297 g/mol. The third-order valence-electron chi connectivity index (χ3n) is 3.52. The number of carbonyl (C=O) groups excluding carboxylic acids is 2. The van der Waals surface area contributed by atoms with Crippen molar-refractivity contribution < 1.29 is 19.1 Å². The number of benzene rings is 2. The Kier molecular flexibility index (Phi) is 3.78. The summed E-state index contributed by atoms with van der Waals surface area (Å²) in [5, 5.41) is 2.74. The van der Waals surface area contributed by atoms with Gasteiger partial charge in [0.15, 0.2) is 6.10 Å². The van der Waals surface area contributed by atoms with E-state index in [9.17, 15) is 9.59 Å². The Balaban J connectivity index is 1.75. The maximum Gasteiger partial charge on any atom is 0.339 e. The highest BCUT2D eigenvalue weighted by Crippen LogP contribution is 2.22. The van der Waals surface area contributed by atoms with Gasteiger partial charge in [-0.3, -0.25) is 4.79 Å². The first kappa shape index (κ1) is 14.1. The summed E-state index contributed by atoms with van der Waals surface area (Å²) < 4.78 is 10.3. The number of anilines is 1. The van der Waals surface area contributed by atoms with E-state index in [-0.39, 0.29) is 5.91 Å². The highest BCUT2D eigenvalue weighted by atomic mass is 16.5. The van der Waals surface area contributed by atoms with Gasteiger partial charge in [-0.15, -0.1) is 0 Å². The van der Waals surface area contributed by atoms with Crippen molar-refractivity contribution in [1.82, 2.24) is 0 Å². The molecular formula is C17H15NO4. The lowest BCUT2D eigenvalue weighted by atomic mass is 9.98. The molecule has 1 aliphatic heterocycles.